The van der Waals surface area contributed by atoms with Crippen LogP contribution in [0, 0.1) is 5.41 Å². The van der Waals surface area contributed by atoms with Crippen LogP contribution >= 0.6 is 0 Å². The lowest BCUT2D eigenvalue weighted by Crippen LogP contribution is -2.45. The van der Waals surface area contributed by atoms with Gasteiger partial charge in [0.15, 0.2) is 0 Å². The average molecular weight is 319 g/mol. The van der Waals surface area contributed by atoms with Crippen molar-refractivity contribution in [2.24, 2.45) is 5.41 Å². The number of nitrogens with one attached hydrogen (secondary N) is 1. The van der Waals surface area contributed by atoms with E-state index < -0.39 is 0 Å². The van der Waals surface area contributed by atoms with E-state index >= 15 is 0 Å². The number of anilines is 1. The smallest absolute Gasteiger partial charge is 0.225 e. The Hall–Kier alpha value is -1.24. The van der Waals surface area contributed by atoms with Gasteiger partial charge in [0, 0.05) is 68.7 Å². The van der Waals surface area contributed by atoms with Gasteiger partial charge in [-0.3, -0.25) is 0 Å². The maximum absolute atomic E-state index is 9.62. The second-order valence-electron chi connectivity index (χ2n) is 7.32. The van der Waals surface area contributed by atoms with Gasteiger partial charge in [-0.05, 0) is 19.9 Å². The third-order valence-electron chi connectivity index (χ3n) is 5.47. The van der Waals surface area contributed by atoms with E-state index in [9.17, 15) is 5.11 Å². The molecule has 1 saturated carbocycles. The molecule has 1 saturated heterocycles. The highest BCUT2D eigenvalue weighted by atomic mass is 16.3. The molecule has 128 valence electrons. The van der Waals surface area contributed by atoms with Gasteiger partial charge in [0.1, 0.15) is 0 Å². The van der Waals surface area contributed by atoms with Gasteiger partial charge in [0.2, 0.25) is 5.95 Å². The first-order valence-corrected chi connectivity index (χ1v) is 8.69. The molecule has 2 heterocycles. The lowest BCUT2D eigenvalue weighted by atomic mass is 9.86. The van der Waals surface area contributed by atoms with Gasteiger partial charge in [-0.15, -0.1) is 0 Å². The monoisotopic (exact) mass is 319 g/mol. The second kappa shape index (κ2) is 7.11. The Kier molecular flexibility index (Phi) is 5.14. The second-order valence-corrected chi connectivity index (χ2v) is 7.32. The number of nitrogens with zero attached hydrogens (tertiary/aromatic N) is 4. The fourth-order valence-electron chi connectivity index (χ4n) is 3.62. The minimum absolute atomic E-state index is 0.0145. The molecule has 1 aliphatic heterocycles. The maximum atomic E-state index is 9.62. The molecule has 0 amide bonds. The normalized spacial score (nSPS) is 29.2. The molecule has 2 atom stereocenters. The van der Waals surface area contributed by atoms with Crippen molar-refractivity contribution in [3.05, 3.63) is 18.0 Å². The minimum Gasteiger partial charge on any atom is -0.396 e. The zero-order valence-electron chi connectivity index (χ0n) is 14.3. The lowest BCUT2D eigenvalue weighted by molar-refractivity contribution is 0.118. The van der Waals surface area contributed by atoms with E-state index in [0.717, 1.165) is 57.1 Å². The fourth-order valence-corrected chi connectivity index (χ4v) is 3.62. The molecule has 3 rings (SSSR count). The van der Waals surface area contributed by atoms with E-state index in [1.807, 2.05) is 12.4 Å². The van der Waals surface area contributed by atoms with E-state index in [1.54, 1.807) is 0 Å². The summed E-state index contributed by atoms with van der Waals surface area (Å²) in [5.41, 5.74) is 1.12. The Morgan fingerprint density at radius 2 is 1.96 bits per heavy atom. The van der Waals surface area contributed by atoms with Crippen LogP contribution in [0.5, 0.6) is 0 Å². The zero-order valence-corrected chi connectivity index (χ0v) is 14.3. The van der Waals surface area contributed by atoms with Crippen LogP contribution in [0.3, 0.4) is 0 Å². The Labute approximate surface area is 138 Å². The quantitative estimate of drug-likeness (QED) is 0.840. The Morgan fingerprint density at radius 1 is 1.26 bits per heavy atom. The van der Waals surface area contributed by atoms with Crippen molar-refractivity contribution >= 4 is 5.95 Å². The summed E-state index contributed by atoms with van der Waals surface area (Å²) in [7, 11) is 2.15. The first-order chi connectivity index (χ1) is 11.1. The molecule has 2 unspecified atom stereocenters. The van der Waals surface area contributed by atoms with Gasteiger partial charge in [0.25, 0.3) is 0 Å². The largest absolute Gasteiger partial charge is 0.396 e. The topological polar surface area (TPSA) is 64.5 Å². The number of likely N-dealkylation sites (N-methyl/N-ethyl adjacent to an activating group) is 1. The molecular formula is C17H29N5O. The highest BCUT2D eigenvalue weighted by molar-refractivity contribution is 5.30. The predicted molar refractivity (Wildman–Crippen MR) is 91.4 cm³/mol. The molecule has 23 heavy (non-hydrogen) atoms. The van der Waals surface area contributed by atoms with Crippen LogP contribution in [0.15, 0.2) is 12.4 Å². The molecule has 0 aromatic carbocycles. The number of hydrogen-bond acceptors (Lipinski definition) is 6. The molecule has 2 fully saturated rings. The van der Waals surface area contributed by atoms with Crippen LogP contribution in [0.4, 0.5) is 5.95 Å². The van der Waals surface area contributed by atoms with Crippen molar-refractivity contribution in [2.45, 2.75) is 38.8 Å². The van der Waals surface area contributed by atoms with Crippen LogP contribution in [0.2, 0.25) is 0 Å². The highest BCUT2D eigenvalue weighted by Crippen LogP contribution is 2.37. The minimum atomic E-state index is 0.0145. The molecule has 0 spiro atoms. The molecule has 6 heteroatoms. The number of aliphatic hydroxyl groups excluding tert-OH is 1. The summed E-state index contributed by atoms with van der Waals surface area (Å²) in [6.45, 7) is 7.30. The van der Waals surface area contributed by atoms with Crippen molar-refractivity contribution in [3.63, 3.8) is 0 Å². The molecular weight excluding hydrogens is 290 g/mol. The van der Waals surface area contributed by atoms with Crippen molar-refractivity contribution in [2.75, 3.05) is 44.7 Å². The van der Waals surface area contributed by atoms with Crippen molar-refractivity contribution in [3.8, 4) is 0 Å². The molecule has 2 aliphatic rings. The average Bonchev–Trinajstić information content (AvgIpc) is 2.96. The Bertz CT molecular complexity index is 500. The third kappa shape index (κ3) is 3.82. The Balaban J connectivity index is 1.54. The van der Waals surface area contributed by atoms with Crippen LogP contribution in [0.1, 0.15) is 31.7 Å². The van der Waals surface area contributed by atoms with Gasteiger partial charge in [-0.1, -0.05) is 13.3 Å². The number of aromatic nitrogens is 2. The van der Waals surface area contributed by atoms with Crippen molar-refractivity contribution < 1.29 is 5.11 Å². The van der Waals surface area contributed by atoms with Crippen LogP contribution in [-0.4, -0.2) is 65.8 Å². The van der Waals surface area contributed by atoms with Crippen LogP contribution < -0.4 is 10.2 Å². The van der Waals surface area contributed by atoms with E-state index in [4.69, 9.17) is 0 Å². The summed E-state index contributed by atoms with van der Waals surface area (Å²) in [6.07, 6.45) is 7.28. The van der Waals surface area contributed by atoms with E-state index in [-0.39, 0.29) is 12.0 Å². The standard InChI is InChI=1S/C17H29N5O/c1-17(13-23)5-3-4-15(17)18-10-14-11-19-16(20-12-14)22-8-6-21(2)7-9-22/h11-12,15,18,23H,3-10,13H2,1-2H3. The van der Waals surface area contributed by atoms with Crippen molar-refractivity contribution in [1.82, 2.24) is 20.2 Å². The zero-order chi connectivity index (χ0) is 16.3. The first-order valence-electron chi connectivity index (χ1n) is 8.69. The van der Waals surface area contributed by atoms with E-state index in [2.05, 4.69) is 39.1 Å². The SMILES string of the molecule is CN1CCN(c2ncc(CNC3CCCC3(C)CO)cn2)CC1. The van der Waals surface area contributed by atoms with Crippen LogP contribution in [-0.2, 0) is 6.54 Å². The lowest BCUT2D eigenvalue weighted by Gasteiger charge is -2.32. The van der Waals surface area contributed by atoms with Gasteiger partial charge in [-0.25, -0.2) is 9.97 Å². The number of piperazine rings is 1. The summed E-state index contributed by atoms with van der Waals surface area (Å²) < 4.78 is 0. The van der Waals surface area contributed by atoms with Gasteiger partial charge >= 0.3 is 0 Å². The first kappa shape index (κ1) is 16.6. The summed E-state index contributed by atoms with van der Waals surface area (Å²) in [5.74, 6) is 0.836. The molecule has 2 N–H and O–H groups in total. The molecule has 6 nitrogen and oxygen atoms in total. The molecule has 1 aromatic rings. The maximum Gasteiger partial charge on any atom is 0.225 e. The summed E-state index contributed by atoms with van der Waals surface area (Å²) in [6, 6.07) is 0.379. The number of rotatable bonds is 5. The van der Waals surface area contributed by atoms with E-state index in [0.29, 0.717) is 6.04 Å². The predicted octanol–water partition coefficient (Wildman–Crippen LogP) is 0.869. The molecule has 0 radical (unpaired) electrons. The van der Waals surface area contributed by atoms with E-state index in [1.165, 1.54) is 6.42 Å². The summed E-state index contributed by atoms with van der Waals surface area (Å²) in [5, 5.41) is 13.2. The molecule has 1 aliphatic carbocycles. The highest BCUT2D eigenvalue weighted by Gasteiger charge is 2.37. The summed E-state index contributed by atoms with van der Waals surface area (Å²) >= 11 is 0. The Morgan fingerprint density at radius 3 is 2.61 bits per heavy atom. The fraction of sp³-hybridized carbons (Fsp3) is 0.765. The molecule has 1 aromatic heterocycles. The number of hydrogen-bond donors (Lipinski definition) is 2. The van der Waals surface area contributed by atoms with Crippen molar-refractivity contribution in [1.29, 1.82) is 0 Å². The van der Waals surface area contributed by atoms with Gasteiger partial charge in [0.05, 0.1) is 0 Å². The third-order valence-corrected chi connectivity index (χ3v) is 5.47. The van der Waals surface area contributed by atoms with Gasteiger partial charge in [-0.2, -0.15) is 0 Å². The molecule has 0 bridgehead atoms. The van der Waals surface area contributed by atoms with Gasteiger partial charge < -0.3 is 20.2 Å². The summed E-state index contributed by atoms with van der Waals surface area (Å²) in [4.78, 5) is 13.6. The number of aliphatic hydroxyl groups is 1. The van der Waals surface area contributed by atoms with Crippen LogP contribution in [0.25, 0.3) is 0 Å².